The summed E-state index contributed by atoms with van der Waals surface area (Å²) in [5.74, 6) is -1.26. The predicted octanol–water partition coefficient (Wildman–Crippen LogP) is 3.84. The first-order valence-corrected chi connectivity index (χ1v) is 9.28. The van der Waals surface area contributed by atoms with Crippen molar-refractivity contribution >= 4 is 23.3 Å². The molecule has 150 valence electrons. The van der Waals surface area contributed by atoms with Gasteiger partial charge in [-0.2, -0.15) is 5.10 Å². The van der Waals surface area contributed by atoms with Gasteiger partial charge in [0.1, 0.15) is 0 Å². The number of rotatable bonds is 7. The molecule has 1 aliphatic rings. The van der Waals surface area contributed by atoms with E-state index in [9.17, 15) is 19.7 Å². The molecule has 2 aromatic rings. The van der Waals surface area contributed by atoms with Crippen LogP contribution in [0.5, 0.6) is 0 Å². The summed E-state index contributed by atoms with van der Waals surface area (Å²) >= 11 is 0. The van der Waals surface area contributed by atoms with E-state index in [0.29, 0.717) is 17.7 Å². The Balaban J connectivity index is 1.90. The Morgan fingerprint density at radius 3 is 2.59 bits per heavy atom. The maximum absolute atomic E-state index is 12.8. The summed E-state index contributed by atoms with van der Waals surface area (Å²) < 4.78 is 0. The van der Waals surface area contributed by atoms with Crippen molar-refractivity contribution in [1.29, 1.82) is 0 Å². The molecule has 3 rings (SSSR count). The van der Waals surface area contributed by atoms with E-state index in [4.69, 9.17) is 5.11 Å². The number of carboxylic acids is 1. The van der Waals surface area contributed by atoms with Crippen LogP contribution >= 0.6 is 0 Å². The number of carbonyl (C=O) groups is 2. The number of aliphatic carboxylic acids is 1. The van der Waals surface area contributed by atoms with E-state index in [2.05, 4.69) is 5.10 Å². The van der Waals surface area contributed by atoms with Gasteiger partial charge in [0, 0.05) is 31.4 Å². The highest BCUT2D eigenvalue weighted by molar-refractivity contribution is 6.03. The zero-order valence-electron chi connectivity index (χ0n) is 15.9. The van der Waals surface area contributed by atoms with Gasteiger partial charge in [0.15, 0.2) is 0 Å². The molecule has 0 aliphatic carbocycles. The van der Waals surface area contributed by atoms with Gasteiger partial charge < -0.3 is 5.11 Å². The van der Waals surface area contributed by atoms with Gasteiger partial charge in [-0.3, -0.25) is 19.7 Å². The van der Waals surface area contributed by atoms with Crippen molar-refractivity contribution in [3.63, 3.8) is 0 Å². The maximum Gasteiger partial charge on any atom is 0.303 e. The van der Waals surface area contributed by atoms with Crippen molar-refractivity contribution in [3.05, 3.63) is 75.3 Å². The molecular weight excluding hydrogens is 374 g/mol. The van der Waals surface area contributed by atoms with E-state index >= 15 is 0 Å². The second-order valence-corrected chi connectivity index (χ2v) is 6.97. The van der Waals surface area contributed by atoms with Crippen LogP contribution in [0, 0.1) is 17.0 Å². The number of nitrogens with zero attached hydrogens (tertiary/aromatic N) is 3. The van der Waals surface area contributed by atoms with E-state index < -0.39 is 16.9 Å². The van der Waals surface area contributed by atoms with Crippen molar-refractivity contribution < 1.29 is 19.6 Å². The predicted molar refractivity (Wildman–Crippen MR) is 107 cm³/mol. The summed E-state index contributed by atoms with van der Waals surface area (Å²) in [4.78, 5) is 34.2. The molecule has 0 spiro atoms. The lowest BCUT2D eigenvalue weighted by Crippen LogP contribution is -2.27. The molecule has 1 aliphatic heterocycles. The Hall–Kier alpha value is -3.55. The van der Waals surface area contributed by atoms with Crippen LogP contribution < -0.4 is 0 Å². The summed E-state index contributed by atoms with van der Waals surface area (Å²) in [6, 6.07) is 13.5. The van der Waals surface area contributed by atoms with Gasteiger partial charge in [-0.1, -0.05) is 42.0 Å². The highest BCUT2D eigenvalue weighted by atomic mass is 16.6. The number of aryl methyl sites for hydroxylation is 1. The molecule has 0 aromatic heterocycles. The number of nitro benzene ring substituents is 1. The topological polar surface area (TPSA) is 113 Å². The van der Waals surface area contributed by atoms with Crippen LogP contribution in [0.2, 0.25) is 0 Å². The fourth-order valence-corrected chi connectivity index (χ4v) is 3.27. The van der Waals surface area contributed by atoms with Gasteiger partial charge in [-0.15, -0.1) is 0 Å². The average molecular weight is 395 g/mol. The number of amides is 1. The van der Waals surface area contributed by atoms with Crippen molar-refractivity contribution in [1.82, 2.24) is 5.01 Å². The number of carboxylic acid groups (broad SMARTS) is 1. The molecule has 0 saturated carbocycles. The SMILES string of the molecule is Cc1ccc(C2=NN(C(=O)CCCC(=O)O)[C@H](c3cccc([N+](=O)[O-])c3)C2)cc1. The molecule has 0 radical (unpaired) electrons. The quantitative estimate of drug-likeness (QED) is 0.565. The maximum atomic E-state index is 12.8. The molecule has 0 unspecified atom stereocenters. The minimum absolute atomic E-state index is 0.0441. The second kappa shape index (κ2) is 8.64. The minimum Gasteiger partial charge on any atom is -0.481 e. The van der Waals surface area contributed by atoms with E-state index in [1.54, 1.807) is 12.1 Å². The summed E-state index contributed by atoms with van der Waals surface area (Å²) in [6.45, 7) is 1.98. The zero-order chi connectivity index (χ0) is 21.0. The number of hydrazone groups is 1. The Kier molecular flexibility index (Phi) is 6.01. The van der Waals surface area contributed by atoms with Crippen molar-refractivity contribution in [2.75, 3.05) is 0 Å². The minimum atomic E-state index is -0.960. The molecule has 29 heavy (non-hydrogen) atoms. The lowest BCUT2D eigenvalue weighted by Gasteiger charge is -2.22. The molecule has 0 saturated heterocycles. The van der Waals surface area contributed by atoms with Crippen LogP contribution in [0.15, 0.2) is 53.6 Å². The van der Waals surface area contributed by atoms with E-state index in [0.717, 1.165) is 11.1 Å². The summed E-state index contributed by atoms with van der Waals surface area (Å²) in [5.41, 5.74) is 3.27. The smallest absolute Gasteiger partial charge is 0.303 e. The Labute approximate surface area is 167 Å². The van der Waals surface area contributed by atoms with E-state index in [-0.39, 0.29) is 30.9 Å². The van der Waals surface area contributed by atoms with Gasteiger partial charge >= 0.3 is 5.97 Å². The Bertz CT molecular complexity index is 969. The molecule has 8 nitrogen and oxygen atoms in total. The van der Waals surface area contributed by atoms with Gasteiger partial charge in [-0.05, 0) is 24.5 Å². The molecule has 0 fully saturated rings. The van der Waals surface area contributed by atoms with Crippen LogP contribution in [-0.4, -0.2) is 32.6 Å². The molecule has 8 heteroatoms. The van der Waals surface area contributed by atoms with Crippen molar-refractivity contribution in [3.8, 4) is 0 Å². The van der Waals surface area contributed by atoms with Crippen molar-refractivity contribution in [2.24, 2.45) is 5.10 Å². The standard InChI is InChI=1S/C21H21N3O5/c1-14-8-10-15(11-9-14)18-13-19(16-4-2-5-17(12-16)24(28)29)23(22-18)20(25)6-3-7-21(26)27/h2,4-5,8-12,19H,3,6-7,13H2,1H3,(H,26,27)/t19-/m0/s1. The van der Waals surface area contributed by atoms with Gasteiger partial charge in [0.25, 0.3) is 5.69 Å². The molecule has 0 bridgehead atoms. The second-order valence-electron chi connectivity index (χ2n) is 6.97. The Morgan fingerprint density at radius 2 is 1.93 bits per heavy atom. The van der Waals surface area contributed by atoms with Crippen LogP contribution in [0.1, 0.15) is 48.4 Å². The monoisotopic (exact) mass is 395 g/mol. The molecule has 1 atom stereocenters. The molecule has 1 N–H and O–H groups in total. The van der Waals surface area contributed by atoms with Crippen LogP contribution in [0.3, 0.4) is 0 Å². The number of benzene rings is 2. The molecule has 1 amide bonds. The third kappa shape index (κ3) is 4.84. The van der Waals surface area contributed by atoms with Crippen molar-refractivity contribution in [2.45, 2.75) is 38.6 Å². The highest BCUT2D eigenvalue weighted by Gasteiger charge is 2.33. The van der Waals surface area contributed by atoms with Gasteiger partial charge in [-0.25, -0.2) is 5.01 Å². The van der Waals surface area contributed by atoms with E-state index in [1.807, 2.05) is 31.2 Å². The number of hydrogen-bond acceptors (Lipinski definition) is 5. The average Bonchev–Trinajstić information content (AvgIpc) is 3.14. The first-order chi connectivity index (χ1) is 13.8. The summed E-state index contributed by atoms with van der Waals surface area (Å²) in [6.07, 6.45) is 0.578. The largest absolute Gasteiger partial charge is 0.481 e. The van der Waals surface area contributed by atoms with E-state index in [1.165, 1.54) is 17.1 Å². The molecule has 2 aromatic carbocycles. The molecular formula is C21H21N3O5. The van der Waals surface area contributed by atoms with Gasteiger partial charge in [0.05, 0.1) is 16.7 Å². The fraction of sp³-hybridized carbons (Fsp3) is 0.286. The summed E-state index contributed by atoms with van der Waals surface area (Å²) in [7, 11) is 0. The van der Waals surface area contributed by atoms with Crippen LogP contribution in [0.25, 0.3) is 0 Å². The first-order valence-electron chi connectivity index (χ1n) is 9.28. The Morgan fingerprint density at radius 1 is 1.21 bits per heavy atom. The lowest BCUT2D eigenvalue weighted by molar-refractivity contribution is -0.385. The lowest BCUT2D eigenvalue weighted by atomic mass is 9.97. The highest BCUT2D eigenvalue weighted by Crippen LogP contribution is 2.34. The number of nitro groups is 1. The van der Waals surface area contributed by atoms with Crippen LogP contribution in [0.4, 0.5) is 5.69 Å². The molecule has 1 heterocycles. The number of carbonyl (C=O) groups excluding carboxylic acids is 1. The van der Waals surface area contributed by atoms with Gasteiger partial charge in [0.2, 0.25) is 5.91 Å². The third-order valence-corrected chi connectivity index (χ3v) is 4.80. The van der Waals surface area contributed by atoms with Crippen LogP contribution in [-0.2, 0) is 9.59 Å². The first kappa shape index (κ1) is 20.2. The number of hydrogen-bond donors (Lipinski definition) is 1. The fourth-order valence-electron chi connectivity index (χ4n) is 3.27. The normalized spacial score (nSPS) is 15.8. The summed E-state index contributed by atoms with van der Waals surface area (Å²) in [5, 5.41) is 25.8. The third-order valence-electron chi connectivity index (χ3n) is 4.80. The zero-order valence-corrected chi connectivity index (χ0v) is 15.9. The number of non-ortho nitro benzene ring substituents is 1.